The minimum Gasteiger partial charge on any atom is -0.497 e. The molecule has 7 heteroatoms. The Bertz CT molecular complexity index is 643. The van der Waals surface area contributed by atoms with Gasteiger partial charge in [-0.05, 0) is 17.7 Å². The molecule has 0 aliphatic rings. The molecule has 0 fully saturated rings. The molecule has 1 aromatic carbocycles. The Hall–Kier alpha value is -2.44. The quantitative estimate of drug-likeness (QED) is 0.823. The predicted molar refractivity (Wildman–Crippen MR) is 76.7 cm³/mol. The van der Waals surface area contributed by atoms with Crippen LogP contribution in [0.25, 0.3) is 0 Å². The molecule has 0 aliphatic carbocycles. The van der Waals surface area contributed by atoms with E-state index in [0.717, 1.165) is 10.1 Å². The van der Waals surface area contributed by atoms with Crippen molar-refractivity contribution in [1.82, 2.24) is 14.5 Å². The third kappa shape index (κ3) is 3.81. The molecule has 22 heavy (non-hydrogen) atoms. The van der Waals surface area contributed by atoms with Gasteiger partial charge < -0.3 is 9.64 Å². The van der Waals surface area contributed by atoms with E-state index in [4.69, 9.17) is 4.74 Å². The van der Waals surface area contributed by atoms with Gasteiger partial charge in [0.25, 0.3) is 0 Å². The predicted octanol–water partition coefficient (Wildman–Crippen LogP) is 2.49. The molecule has 0 bridgehead atoms. The maximum absolute atomic E-state index is 12.7. The minimum atomic E-state index is -2.67. The number of amides is 1. The number of likely N-dealkylation sites (N-methyl/N-ethyl adjacent to an activating group) is 1. The normalized spacial score (nSPS) is 10.8. The second-order valence-corrected chi connectivity index (χ2v) is 4.81. The average molecular weight is 309 g/mol. The lowest BCUT2D eigenvalue weighted by Crippen LogP contribution is -2.29. The van der Waals surface area contributed by atoms with Crippen molar-refractivity contribution in [3.63, 3.8) is 0 Å². The fourth-order valence-electron chi connectivity index (χ4n) is 2.04. The van der Waals surface area contributed by atoms with Crippen LogP contribution < -0.4 is 4.74 Å². The molecule has 0 saturated carbocycles. The number of hydrogen-bond acceptors (Lipinski definition) is 3. The molecule has 118 valence electrons. The Morgan fingerprint density at radius 1 is 1.45 bits per heavy atom. The highest BCUT2D eigenvalue weighted by atomic mass is 19.3. The molecule has 0 spiro atoms. The molecule has 0 saturated heterocycles. The molecule has 1 amide bonds. The van der Waals surface area contributed by atoms with Crippen LogP contribution in [0, 0.1) is 0 Å². The van der Waals surface area contributed by atoms with E-state index in [1.807, 2.05) is 6.07 Å². The van der Waals surface area contributed by atoms with Gasteiger partial charge in [-0.1, -0.05) is 12.1 Å². The molecule has 0 radical (unpaired) electrons. The Labute approximate surface area is 127 Å². The molecule has 1 aromatic heterocycles. The van der Waals surface area contributed by atoms with Gasteiger partial charge in [-0.3, -0.25) is 9.36 Å². The maximum atomic E-state index is 12.7. The van der Waals surface area contributed by atoms with Crippen LogP contribution >= 0.6 is 0 Å². The topological polar surface area (TPSA) is 47.4 Å². The molecule has 2 rings (SSSR count). The number of rotatable bonds is 6. The van der Waals surface area contributed by atoms with Crippen LogP contribution in [0.5, 0.6) is 5.75 Å². The highest BCUT2D eigenvalue weighted by molar-refractivity contribution is 5.78. The van der Waals surface area contributed by atoms with Crippen molar-refractivity contribution in [2.75, 3.05) is 14.2 Å². The largest absolute Gasteiger partial charge is 0.497 e. The summed E-state index contributed by atoms with van der Waals surface area (Å²) in [6, 6.07) is 7.17. The highest BCUT2D eigenvalue weighted by Crippen LogP contribution is 2.16. The zero-order valence-corrected chi connectivity index (χ0v) is 12.4. The fraction of sp³-hybridized carbons (Fsp3) is 0.333. The number of imidazole rings is 1. The van der Waals surface area contributed by atoms with Gasteiger partial charge >= 0.3 is 6.55 Å². The lowest BCUT2D eigenvalue weighted by atomic mass is 10.1. The minimum absolute atomic E-state index is 0.0279. The Kier molecular flexibility index (Phi) is 5.08. The summed E-state index contributed by atoms with van der Waals surface area (Å²) in [5, 5.41) is 0. The zero-order valence-electron chi connectivity index (χ0n) is 12.4. The van der Waals surface area contributed by atoms with Crippen molar-refractivity contribution < 1.29 is 18.3 Å². The van der Waals surface area contributed by atoms with E-state index in [9.17, 15) is 13.6 Å². The Morgan fingerprint density at radius 2 is 2.23 bits per heavy atom. The number of ether oxygens (including phenoxy) is 1. The highest BCUT2D eigenvalue weighted by Gasteiger charge is 2.16. The lowest BCUT2D eigenvalue weighted by molar-refractivity contribution is -0.129. The first-order valence-electron chi connectivity index (χ1n) is 6.68. The standard InChI is InChI=1S/C15H17F2N3O2/c1-19(10-13-18-6-7-20(13)15(16)17)14(21)9-11-4-3-5-12(8-11)22-2/h3-8,15H,9-10H2,1-2H3. The third-order valence-corrected chi connectivity index (χ3v) is 3.25. The van der Waals surface area contributed by atoms with E-state index >= 15 is 0 Å². The van der Waals surface area contributed by atoms with Crippen molar-refractivity contribution in [2.45, 2.75) is 19.5 Å². The number of methoxy groups -OCH3 is 1. The summed E-state index contributed by atoms with van der Waals surface area (Å²) in [7, 11) is 3.12. The van der Waals surface area contributed by atoms with Gasteiger partial charge in [-0.2, -0.15) is 8.78 Å². The number of aromatic nitrogens is 2. The molecular weight excluding hydrogens is 292 g/mol. The van der Waals surface area contributed by atoms with E-state index in [2.05, 4.69) is 4.98 Å². The SMILES string of the molecule is COc1cccc(CC(=O)N(C)Cc2nccn2C(F)F)c1. The van der Waals surface area contributed by atoms with E-state index in [1.165, 1.54) is 17.3 Å². The summed E-state index contributed by atoms with van der Waals surface area (Å²) in [6.45, 7) is -2.64. The van der Waals surface area contributed by atoms with Gasteiger partial charge in [-0.15, -0.1) is 0 Å². The van der Waals surface area contributed by atoms with Crippen LogP contribution in [0.4, 0.5) is 8.78 Å². The lowest BCUT2D eigenvalue weighted by Gasteiger charge is -2.17. The van der Waals surface area contributed by atoms with Crippen molar-refractivity contribution in [3.8, 4) is 5.75 Å². The van der Waals surface area contributed by atoms with Crippen LogP contribution in [0.15, 0.2) is 36.7 Å². The summed E-state index contributed by atoms with van der Waals surface area (Å²) >= 11 is 0. The second-order valence-electron chi connectivity index (χ2n) is 4.81. The van der Waals surface area contributed by atoms with Gasteiger partial charge in [0.15, 0.2) is 0 Å². The van der Waals surface area contributed by atoms with Crippen molar-refractivity contribution in [1.29, 1.82) is 0 Å². The van der Waals surface area contributed by atoms with Crippen molar-refractivity contribution >= 4 is 5.91 Å². The smallest absolute Gasteiger partial charge is 0.319 e. The molecule has 0 N–H and O–H groups in total. The van der Waals surface area contributed by atoms with Gasteiger partial charge in [0.1, 0.15) is 11.6 Å². The number of hydrogen-bond donors (Lipinski definition) is 0. The first kappa shape index (κ1) is 15.9. The van der Waals surface area contributed by atoms with E-state index in [-0.39, 0.29) is 24.7 Å². The third-order valence-electron chi connectivity index (χ3n) is 3.25. The summed E-state index contributed by atoms with van der Waals surface area (Å²) < 4.78 is 31.3. The first-order chi connectivity index (χ1) is 10.5. The zero-order chi connectivity index (χ0) is 16.1. The van der Waals surface area contributed by atoms with Gasteiger partial charge in [-0.25, -0.2) is 4.98 Å². The van der Waals surface area contributed by atoms with Crippen LogP contribution in [0.1, 0.15) is 17.9 Å². The molecule has 0 aliphatic heterocycles. The number of carbonyl (C=O) groups is 1. The van der Waals surface area contributed by atoms with E-state index in [1.54, 1.807) is 32.4 Å². The van der Waals surface area contributed by atoms with Crippen molar-refractivity contribution in [2.24, 2.45) is 0 Å². The summed E-state index contributed by atoms with van der Waals surface area (Å²) in [6.07, 6.45) is 2.66. The summed E-state index contributed by atoms with van der Waals surface area (Å²) in [5.41, 5.74) is 0.799. The maximum Gasteiger partial charge on any atom is 0.319 e. The molecule has 2 aromatic rings. The second kappa shape index (κ2) is 7.02. The molecule has 5 nitrogen and oxygen atoms in total. The van der Waals surface area contributed by atoms with Crippen LogP contribution in [-0.2, 0) is 17.8 Å². The number of alkyl halides is 2. The molecule has 1 heterocycles. The van der Waals surface area contributed by atoms with Gasteiger partial charge in [0.05, 0.1) is 20.1 Å². The summed E-state index contributed by atoms with van der Waals surface area (Å²) in [5.74, 6) is 0.634. The van der Waals surface area contributed by atoms with Crippen molar-refractivity contribution in [3.05, 3.63) is 48.0 Å². The summed E-state index contributed by atoms with van der Waals surface area (Å²) in [4.78, 5) is 17.4. The number of carbonyl (C=O) groups excluding carboxylic acids is 1. The van der Waals surface area contributed by atoms with Gasteiger partial charge in [0.2, 0.25) is 5.91 Å². The number of nitrogens with zero attached hydrogens (tertiary/aromatic N) is 3. The average Bonchev–Trinajstić information content (AvgIpc) is 2.95. The fourth-order valence-corrected chi connectivity index (χ4v) is 2.04. The number of benzene rings is 1. The Balaban J connectivity index is 2.01. The van der Waals surface area contributed by atoms with Crippen LogP contribution in [0.2, 0.25) is 0 Å². The number of halogens is 2. The monoisotopic (exact) mass is 309 g/mol. The van der Waals surface area contributed by atoms with Gasteiger partial charge in [0, 0.05) is 19.4 Å². The molecular formula is C15H17F2N3O2. The van der Waals surface area contributed by atoms with E-state index < -0.39 is 6.55 Å². The molecule has 0 atom stereocenters. The van der Waals surface area contributed by atoms with E-state index in [0.29, 0.717) is 5.75 Å². The van der Waals surface area contributed by atoms with Crippen LogP contribution in [-0.4, -0.2) is 34.5 Å². The molecule has 0 unspecified atom stereocenters. The van der Waals surface area contributed by atoms with Crippen LogP contribution in [0.3, 0.4) is 0 Å². The first-order valence-corrected chi connectivity index (χ1v) is 6.68. The Morgan fingerprint density at radius 3 is 2.91 bits per heavy atom.